The van der Waals surface area contributed by atoms with Crippen molar-refractivity contribution < 1.29 is 75.8 Å². The number of carbonyl (C=O) groups excluding carboxylic acids is 6. The van der Waals surface area contributed by atoms with Gasteiger partial charge in [-0.3, -0.25) is 29.3 Å². The van der Waals surface area contributed by atoms with Crippen LogP contribution in [0.4, 0.5) is 5.69 Å². The Labute approximate surface area is 457 Å². The summed E-state index contributed by atoms with van der Waals surface area (Å²) in [5, 5.41) is 28.8. The molecule has 21 heteroatoms. The number of nitrogens with one attached hydrogen (secondary N) is 1. The van der Waals surface area contributed by atoms with Gasteiger partial charge in [0.2, 0.25) is 0 Å². The number of Topliss-reactive ketones (excluding diaryl/α,β-unsaturated/α-hetero) is 1. The zero-order chi connectivity index (χ0) is 57.3. The van der Waals surface area contributed by atoms with Crippen LogP contribution in [0.25, 0.3) is 0 Å². The normalized spacial score (nSPS) is 28.2. The number of nitrogens with zero attached hydrogens (tertiary/aromatic N) is 1. The van der Waals surface area contributed by atoms with E-state index in [4.69, 9.17) is 37.0 Å². The number of hydrogen-bond donors (Lipinski definition) is 2. The van der Waals surface area contributed by atoms with E-state index in [1.807, 2.05) is 41.5 Å². The van der Waals surface area contributed by atoms with Gasteiger partial charge in [-0.05, 0) is 97.7 Å². The largest absolute Gasteiger partial charge is 0.467 e. The maximum Gasteiger partial charge on any atom is 0.338 e. The average molecular weight is 1120 g/mol. The Kier molecular flexibility index (Phi) is 17.7. The highest BCUT2D eigenvalue weighted by Gasteiger charge is 2.79. The number of hydrogen-bond acceptors (Lipinski definition) is 17. The molecule has 3 fully saturated rings. The summed E-state index contributed by atoms with van der Waals surface area (Å²) in [4.78, 5) is 99.4. The molecule has 3 aromatic rings. The number of aliphatic hydroxyl groups is 1. The highest BCUT2D eigenvalue weighted by molar-refractivity contribution is 6.74. The number of esters is 4. The zero-order valence-electron chi connectivity index (χ0n) is 46.8. The van der Waals surface area contributed by atoms with Crippen molar-refractivity contribution in [2.24, 2.45) is 16.7 Å². The molecule has 1 amide bonds. The molecule has 78 heavy (non-hydrogen) atoms. The first-order chi connectivity index (χ1) is 36.8. The summed E-state index contributed by atoms with van der Waals surface area (Å²) in [5.74, 6) is -6.21. The van der Waals surface area contributed by atoms with Crippen LogP contribution in [0, 0.1) is 26.9 Å². The predicted octanol–water partition coefficient (Wildman–Crippen LogP) is 9.30. The summed E-state index contributed by atoms with van der Waals surface area (Å²) < 4.78 is 52.6. The lowest BCUT2D eigenvalue weighted by atomic mass is 9.44. The molecule has 3 aliphatic carbocycles. The van der Waals surface area contributed by atoms with Crippen molar-refractivity contribution in [2.45, 2.75) is 186 Å². The number of carbonyl (C=O) groups is 6. The molecule has 19 nitrogen and oxygen atoms in total. The van der Waals surface area contributed by atoms with Crippen molar-refractivity contribution in [1.82, 2.24) is 5.32 Å². The van der Waals surface area contributed by atoms with Crippen molar-refractivity contribution in [2.75, 3.05) is 6.61 Å². The molecule has 1 saturated heterocycles. The molecule has 2 bridgehead atoms. The lowest BCUT2D eigenvalue weighted by Gasteiger charge is -2.68. The summed E-state index contributed by atoms with van der Waals surface area (Å²) in [5.41, 5.74) is -7.44. The number of amides is 1. The molecule has 0 spiro atoms. The van der Waals surface area contributed by atoms with Gasteiger partial charge in [0.05, 0.1) is 40.8 Å². The number of nitro benzene ring substituents is 1. The van der Waals surface area contributed by atoms with Crippen LogP contribution in [0.3, 0.4) is 0 Å². The van der Waals surface area contributed by atoms with E-state index in [-0.39, 0.29) is 46.7 Å². The Morgan fingerprint density at radius 1 is 0.821 bits per heavy atom. The minimum Gasteiger partial charge on any atom is -0.467 e. The van der Waals surface area contributed by atoms with Gasteiger partial charge < -0.3 is 47.4 Å². The van der Waals surface area contributed by atoms with Crippen molar-refractivity contribution in [3.63, 3.8) is 0 Å². The molecule has 2 aromatic carbocycles. The van der Waals surface area contributed by atoms with E-state index in [0.29, 0.717) is 36.3 Å². The molecule has 1 aromatic heterocycles. The molecule has 0 radical (unpaired) electrons. The number of benzene rings is 2. The first-order valence-corrected chi connectivity index (χ1v) is 32.2. The third-order valence-electron chi connectivity index (χ3n) is 18.1. The van der Waals surface area contributed by atoms with Gasteiger partial charge in [-0.15, -0.1) is 0 Å². The number of nitro groups is 1. The molecule has 4 aliphatic rings. The van der Waals surface area contributed by atoms with Gasteiger partial charge in [-0.25, -0.2) is 9.59 Å². The van der Waals surface area contributed by atoms with Gasteiger partial charge in [0.1, 0.15) is 35.7 Å². The highest BCUT2D eigenvalue weighted by Crippen LogP contribution is 2.65. The van der Waals surface area contributed by atoms with Crippen LogP contribution in [-0.4, -0.2) is 117 Å². The topological polar surface area (TPSA) is 256 Å². The smallest absolute Gasteiger partial charge is 0.338 e. The standard InChI is InChI=1S/C57H76N2O17Si2/c1-13-77(14-2,15-3)75-42-31-43-56(33-70-43,74-36(9)61)48-50(73-52(64)38-23-20-19-21-24-38)57(66)32-41(34(7)44(54(57,10)11)46(71-35(8)60)49(62)55(42,48)12)72-53(65)47(76-78(16-4,17-5)18-6)45(40-25-22-30-69-40)58-51(63)37-26-28-39(29-27-37)59(67)68/h19-30,41-43,45-48,50,66H,13-18,31-33H2,1-12H3,(H,58,63)/t41-,42-,43+,45+,46+,47+,48-,50-,55+,56-,57+/m0/s1. The first-order valence-electron chi connectivity index (χ1n) is 27.2. The van der Waals surface area contributed by atoms with E-state index < -0.39 is 134 Å². The minimum atomic E-state index is -2.87. The van der Waals surface area contributed by atoms with E-state index in [1.165, 1.54) is 49.6 Å². The Morgan fingerprint density at radius 3 is 1.95 bits per heavy atom. The van der Waals surface area contributed by atoms with Gasteiger partial charge in [0.15, 0.2) is 40.2 Å². The van der Waals surface area contributed by atoms with E-state index in [2.05, 4.69) is 5.32 Å². The molecular formula is C57H76N2O17Si2. The second-order valence-electron chi connectivity index (χ2n) is 22.1. The fourth-order valence-electron chi connectivity index (χ4n) is 12.9. The molecule has 11 atom stereocenters. The molecule has 424 valence electrons. The van der Waals surface area contributed by atoms with Crippen LogP contribution < -0.4 is 5.32 Å². The van der Waals surface area contributed by atoms with E-state index in [0.717, 1.165) is 6.92 Å². The summed E-state index contributed by atoms with van der Waals surface area (Å²) in [6.07, 6.45) is -7.67. The molecular weight excluding hydrogens is 1040 g/mol. The lowest BCUT2D eigenvalue weighted by Crippen LogP contribution is -2.82. The third-order valence-corrected chi connectivity index (χ3v) is 27.3. The number of ether oxygens (including phenoxy) is 5. The lowest BCUT2D eigenvalue weighted by molar-refractivity contribution is -0.384. The van der Waals surface area contributed by atoms with E-state index in [1.54, 1.807) is 58.0 Å². The quantitative estimate of drug-likeness (QED) is 0.0251. The molecule has 1 aliphatic heterocycles. The van der Waals surface area contributed by atoms with Crippen molar-refractivity contribution in [3.05, 3.63) is 111 Å². The van der Waals surface area contributed by atoms with Gasteiger partial charge in [0.25, 0.3) is 11.6 Å². The SMILES string of the molecule is CC[Si](CC)(CC)O[C@H]1C[C@H]2OC[C@@]2(OC(C)=O)[C@H]2[C@H](OC(=O)c3ccccc3)[C@]3(O)C[C@H](OC(=O)[C@H](O[Si](CC)(CC)CC)[C@H](NC(=O)c4ccc([N+](=O)[O-])cc4)c4ccco4)C(C)=C([C@@H](OC(C)=O)C(=O)[C@]12C)C3(C)C. The first kappa shape index (κ1) is 59.8. The molecule has 7 rings (SSSR count). The predicted molar refractivity (Wildman–Crippen MR) is 289 cm³/mol. The summed E-state index contributed by atoms with van der Waals surface area (Å²) in [6, 6.07) is 18.4. The molecule has 0 unspecified atom stereocenters. The highest BCUT2D eigenvalue weighted by atomic mass is 28.4. The van der Waals surface area contributed by atoms with Gasteiger partial charge in [0, 0.05) is 49.8 Å². The van der Waals surface area contributed by atoms with E-state index in [9.17, 15) is 34.4 Å². The van der Waals surface area contributed by atoms with Crippen molar-refractivity contribution in [1.29, 1.82) is 0 Å². The molecule has 2 N–H and O–H groups in total. The van der Waals surface area contributed by atoms with Crippen molar-refractivity contribution in [3.8, 4) is 0 Å². The maximum absolute atomic E-state index is 16.6. The van der Waals surface area contributed by atoms with Gasteiger partial charge in [-0.1, -0.05) is 73.6 Å². The number of furan rings is 1. The fourth-order valence-corrected chi connectivity index (χ4v) is 18.6. The van der Waals surface area contributed by atoms with Gasteiger partial charge >= 0.3 is 23.9 Å². The average Bonchev–Trinajstić information content (AvgIpc) is 3.55. The van der Waals surface area contributed by atoms with Crippen LogP contribution in [0.2, 0.25) is 36.3 Å². The summed E-state index contributed by atoms with van der Waals surface area (Å²) in [6.45, 7) is 20.6. The second-order valence-corrected chi connectivity index (χ2v) is 31.5. The Hall–Kier alpha value is -5.85. The fraction of sp³-hybridized carbons (Fsp3) is 0.579. The van der Waals surface area contributed by atoms with Crippen LogP contribution in [0.1, 0.15) is 128 Å². The second kappa shape index (κ2) is 23.1. The third kappa shape index (κ3) is 10.6. The number of ketones is 1. The monoisotopic (exact) mass is 1120 g/mol. The van der Waals surface area contributed by atoms with Crippen LogP contribution in [0.15, 0.2) is 88.6 Å². The van der Waals surface area contributed by atoms with Crippen LogP contribution >= 0.6 is 0 Å². The van der Waals surface area contributed by atoms with E-state index >= 15 is 9.59 Å². The van der Waals surface area contributed by atoms with Crippen LogP contribution in [0.5, 0.6) is 0 Å². The summed E-state index contributed by atoms with van der Waals surface area (Å²) in [7, 11) is -5.55. The Morgan fingerprint density at radius 2 is 1.44 bits per heavy atom. The van der Waals surface area contributed by atoms with Crippen molar-refractivity contribution >= 4 is 57.9 Å². The number of fused-ring (bicyclic) bond motifs is 5. The number of rotatable bonds is 21. The summed E-state index contributed by atoms with van der Waals surface area (Å²) >= 11 is 0. The molecule has 2 heterocycles. The zero-order valence-corrected chi connectivity index (χ0v) is 48.8. The Balaban J connectivity index is 1.47. The number of non-ortho nitro benzene ring substituents is 1. The minimum absolute atomic E-state index is 0.0316. The maximum atomic E-state index is 16.6. The van der Waals surface area contributed by atoms with Crippen LogP contribution in [-0.2, 0) is 51.7 Å². The molecule has 2 saturated carbocycles. The van der Waals surface area contributed by atoms with Gasteiger partial charge in [-0.2, -0.15) is 0 Å². The Bertz CT molecular complexity index is 2740.